The van der Waals surface area contributed by atoms with Crippen LogP contribution in [0.2, 0.25) is 0 Å². The molecule has 0 radical (unpaired) electrons. The van der Waals surface area contributed by atoms with Gasteiger partial charge in [0.25, 0.3) is 0 Å². The maximum atomic E-state index is 4.10. The zero-order valence-corrected chi connectivity index (χ0v) is 11.0. The summed E-state index contributed by atoms with van der Waals surface area (Å²) < 4.78 is 0. The molecule has 0 unspecified atom stereocenters. The van der Waals surface area contributed by atoms with Crippen molar-refractivity contribution in [2.24, 2.45) is 0 Å². The minimum absolute atomic E-state index is 0.929. The summed E-state index contributed by atoms with van der Waals surface area (Å²) in [6.45, 7) is 6.20. The molecule has 0 amide bonds. The highest BCUT2D eigenvalue weighted by Crippen LogP contribution is 2.08. The zero-order valence-electron chi connectivity index (χ0n) is 11.0. The first-order valence-corrected chi connectivity index (χ1v) is 6.36. The third kappa shape index (κ3) is 3.96. The number of hydrogen-bond donors (Lipinski definition) is 2. The van der Waals surface area contributed by atoms with Crippen molar-refractivity contribution in [2.45, 2.75) is 33.2 Å². The second-order valence-corrected chi connectivity index (χ2v) is 4.71. The summed E-state index contributed by atoms with van der Waals surface area (Å²) in [5.74, 6) is 0.961. The molecule has 0 spiro atoms. The number of aromatic amines is 1. The molecule has 1 aromatic carbocycles. The number of benzene rings is 1. The fourth-order valence-corrected chi connectivity index (χ4v) is 2.14. The van der Waals surface area contributed by atoms with Gasteiger partial charge in [-0.25, -0.2) is 4.98 Å². The van der Waals surface area contributed by atoms with Crippen molar-refractivity contribution in [1.82, 2.24) is 20.5 Å². The molecule has 1 heterocycles. The Morgan fingerprint density at radius 3 is 2.61 bits per heavy atom. The fourth-order valence-electron chi connectivity index (χ4n) is 2.14. The Kier molecular flexibility index (Phi) is 4.47. The first-order valence-electron chi connectivity index (χ1n) is 6.36. The van der Waals surface area contributed by atoms with Crippen LogP contribution in [0.4, 0.5) is 0 Å². The Morgan fingerprint density at radius 1 is 1.17 bits per heavy atom. The van der Waals surface area contributed by atoms with E-state index in [2.05, 4.69) is 52.5 Å². The average Bonchev–Trinajstić information content (AvgIpc) is 2.80. The van der Waals surface area contributed by atoms with E-state index in [1.54, 1.807) is 6.33 Å². The van der Waals surface area contributed by atoms with E-state index < -0.39 is 0 Å². The number of nitrogens with one attached hydrogen (secondary N) is 2. The third-order valence-corrected chi connectivity index (χ3v) is 2.84. The minimum Gasteiger partial charge on any atom is -0.313 e. The van der Waals surface area contributed by atoms with Crippen LogP contribution in [0.15, 0.2) is 24.5 Å². The second kappa shape index (κ2) is 6.31. The lowest BCUT2D eigenvalue weighted by Crippen LogP contribution is -2.15. The molecule has 4 nitrogen and oxygen atoms in total. The monoisotopic (exact) mass is 244 g/mol. The summed E-state index contributed by atoms with van der Waals surface area (Å²) in [6, 6.07) is 6.67. The lowest BCUT2D eigenvalue weighted by atomic mass is 10.1. The highest BCUT2D eigenvalue weighted by atomic mass is 15.2. The number of hydrogen-bond acceptors (Lipinski definition) is 3. The molecule has 1 aromatic heterocycles. The van der Waals surface area contributed by atoms with Gasteiger partial charge in [0, 0.05) is 13.0 Å². The molecule has 0 fully saturated rings. The van der Waals surface area contributed by atoms with Gasteiger partial charge in [-0.3, -0.25) is 5.10 Å². The van der Waals surface area contributed by atoms with Gasteiger partial charge in [-0.15, -0.1) is 0 Å². The molecule has 2 rings (SSSR count). The molecule has 0 aliphatic carbocycles. The van der Waals surface area contributed by atoms with Crippen molar-refractivity contribution in [3.05, 3.63) is 47.0 Å². The maximum absolute atomic E-state index is 4.10. The van der Waals surface area contributed by atoms with Gasteiger partial charge in [-0.2, -0.15) is 5.10 Å². The Labute approximate surface area is 108 Å². The third-order valence-electron chi connectivity index (χ3n) is 2.84. The molecule has 2 aromatic rings. The molecule has 18 heavy (non-hydrogen) atoms. The van der Waals surface area contributed by atoms with E-state index in [0.717, 1.165) is 31.8 Å². The molecule has 4 heteroatoms. The lowest BCUT2D eigenvalue weighted by molar-refractivity contribution is 0.639. The van der Waals surface area contributed by atoms with Crippen LogP contribution >= 0.6 is 0 Å². The van der Waals surface area contributed by atoms with Crippen LogP contribution in [0.3, 0.4) is 0 Å². The quantitative estimate of drug-likeness (QED) is 0.765. The molecule has 0 atom stereocenters. The summed E-state index contributed by atoms with van der Waals surface area (Å²) >= 11 is 0. The van der Waals surface area contributed by atoms with E-state index >= 15 is 0 Å². The summed E-state index contributed by atoms with van der Waals surface area (Å²) in [5.41, 5.74) is 4.01. The van der Waals surface area contributed by atoms with E-state index in [1.165, 1.54) is 16.7 Å². The fraction of sp³-hybridized carbons (Fsp3) is 0.429. The number of aryl methyl sites for hydroxylation is 3. The van der Waals surface area contributed by atoms with Crippen molar-refractivity contribution in [3.63, 3.8) is 0 Å². The van der Waals surface area contributed by atoms with E-state index in [9.17, 15) is 0 Å². The van der Waals surface area contributed by atoms with Crippen LogP contribution < -0.4 is 5.32 Å². The van der Waals surface area contributed by atoms with Gasteiger partial charge in [-0.05, 0) is 32.4 Å². The van der Waals surface area contributed by atoms with Crippen molar-refractivity contribution < 1.29 is 0 Å². The van der Waals surface area contributed by atoms with Crippen LogP contribution in [-0.4, -0.2) is 21.7 Å². The predicted octanol–water partition coefficient (Wildman–Crippen LogP) is 2.14. The van der Waals surface area contributed by atoms with Gasteiger partial charge >= 0.3 is 0 Å². The van der Waals surface area contributed by atoms with Crippen LogP contribution in [0, 0.1) is 13.8 Å². The van der Waals surface area contributed by atoms with Gasteiger partial charge in [0.05, 0.1) is 0 Å². The molecular formula is C14H20N4. The molecule has 0 saturated heterocycles. The largest absolute Gasteiger partial charge is 0.313 e. The first-order chi connectivity index (χ1) is 8.74. The lowest BCUT2D eigenvalue weighted by Gasteiger charge is -2.06. The Balaban J connectivity index is 1.68. The van der Waals surface area contributed by atoms with Gasteiger partial charge in [-0.1, -0.05) is 29.3 Å². The highest BCUT2D eigenvalue weighted by molar-refractivity contribution is 5.28. The van der Waals surface area contributed by atoms with E-state index in [-0.39, 0.29) is 0 Å². The minimum atomic E-state index is 0.929. The van der Waals surface area contributed by atoms with Crippen LogP contribution in [-0.2, 0) is 13.0 Å². The van der Waals surface area contributed by atoms with Crippen molar-refractivity contribution in [2.75, 3.05) is 6.54 Å². The standard InChI is InChI=1S/C14H20N4/c1-11-6-12(2)8-13(7-11)9-15-5-3-4-14-16-10-17-18-14/h6-8,10,15H,3-5,9H2,1-2H3,(H,16,17,18). The van der Waals surface area contributed by atoms with Crippen LogP contribution in [0.5, 0.6) is 0 Å². The predicted molar refractivity (Wildman–Crippen MR) is 72.3 cm³/mol. The molecule has 2 N–H and O–H groups in total. The van der Waals surface area contributed by atoms with E-state index in [1.807, 2.05) is 0 Å². The summed E-state index contributed by atoms with van der Waals surface area (Å²) in [5, 5.41) is 10.2. The number of aromatic nitrogens is 3. The molecule has 96 valence electrons. The van der Waals surface area contributed by atoms with Crippen LogP contribution in [0.1, 0.15) is 28.9 Å². The molecule has 0 bridgehead atoms. The average molecular weight is 244 g/mol. The number of nitrogens with zero attached hydrogens (tertiary/aromatic N) is 2. The SMILES string of the molecule is Cc1cc(C)cc(CNCCCc2ncn[nH]2)c1. The number of rotatable bonds is 6. The Morgan fingerprint density at radius 2 is 1.94 bits per heavy atom. The first kappa shape index (κ1) is 12.8. The normalized spacial score (nSPS) is 10.8. The summed E-state index contributed by atoms with van der Waals surface area (Å²) in [7, 11) is 0. The number of H-pyrrole nitrogens is 1. The van der Waals surface area contributed by atoms with Gasteiger partial charge in [0.15, 0.2) is 0 Å². The van der Waals surface area contributed by atoms with E-state index in [4.69, 9.17) is 0 Å². The van der Waals surface area contributed by atoms with Gasteiger partial charge < -0.3 is 5.32 Å². The molecule has 0 aliphatic heterocycles. The Hall–Kier alpha value is -1.68. The van der Waals surface area contributed by atoms with Crippen molar-refractivity contribution in [1.29, 1.82) is 0 Å². The Bertz CT molecular complexity index is 456. The maximum Gasteiger partial charge on any atom is 0.137 e. The topological polar surface area (TPSA) is 53.6 Å². The molecule has 0 aliphatic rings. The van der Waals surface area contributed by atoms with Gasteiger partial charge in [0.1, 0.15) is 12.2 Å². The highest BCUT2D eigenvalue weighted by Gasteiger charge is 1.97. The molecule has 0 saturated carbocycles. The van der Waals surface area contributed by atoms with Crippen molar-refractivity contribution in [3.8, 4) is 0 Å². The van der Waals surface area contributed by atoms with E-state index in [0.29, 0.717) is 0 Å². The van der Waals surface area contributed by atoms with Crippen LogP contribution in [0.25, 0.3) is 0 Å². The summed E-state index contributed by atoms with van der Waals surface area (Å²) in [4.78, 5) is 4.10. The zero-order chi connectivity index (χ0) is 12.8. The smallest absolute Gasteiger partial charge is 0.137 e. The second-order valence-electron chi connectivity index (χ2n) is 4.71. The van der Waals surface area contributed by atoms with Gasteiger partial charge in [0.2, 0.25) is 0 Å². The summed E-state index contributed by atoms with van der Waals surface area (Å²) in [6.07, 6.45) is 3.57. The molecular weight excluding hydrogens is 224 g/mol. The van der Waals surface area contributed by atoms with Crippen molar-refractivity contribution >= 4 is 0 Å².